The van der Waals surface area contributed by atoms with Gasteiger partial charge in [-0.05, 0) is 50.5 Å². The lowest BCUT2D eigenvalue weighted by Gasteiger charge is -2.19. The Labute approximate surface area is 166 Å². The number of hydrogen-bond acceptors (Lipinski definition) is 5. The van der Waals surface area contributed by atoms with E-state index in [4.69, 9.17) is 11.6 Å². The Kier molecular flexibility index (Phi) is 3.63. The summed E-state index contributed by atoms with van der Waals surface area (Å²) in [5.41, 5.74) is 2.14. The molecule has 28 heavy (non-hydrogen) atoms. The Morgan fingerprint density at radius 1 is 1.18 bits per heavy atom. The summed E-state index contributed by atoms with van der Waals surface area (Å²) in [5, 5.41) is 28.0. The smallest absolute Gasteiger partial charge is 0.166 e. The first-order valence-electron chi connectivity index (χ1n) is 9.14. The van der Waals surface area contributed by atoms with Crippen LogP contribution < -0.4 is 0 Å². The van der Waals surface area contributed by atoms with Crippen LogP contribution in [0.15, 0.2) is 42.9 Å². The summed E-state index contributed by atoms with van der Waals surface area (Å²) < 4.78 is 1.99. The van der Waals surface area contributed by atoms with Crippen LogP contribution >= 0.6 is 11.6 Å². The summed E-state index contributed by atoms with van der Waals surface area (Å²) in [6, 6.07) is 9.79. The van der Waals surface area contributed by atoms with Crippen LogP contribution in [-0.4, -0.2) is 34.9 Å². The molecule has 0 atom stereocenters. The number of benzene rings is 1. The van der Waals surface area contributed by atoms with Crippen LogP contribution in [0.3, 0.4) is 0 Å². The highest BCUT2D eigenvalue weighted by atomic mass is 35.5. The van der Waals surface area contributed by atoms with Crippen LogP contribution in [0.5, 0.6) is 0 Å². The number of hydrogen-bond donors (Lipinski definition) is 2. The lowest BCUT2D eigenvalue weighted by molar-refractivity contribution is 0.0796. The lowest BCUT2D eigenvalue weighted by Crippen LogP contribution is -2.18. The molecule has 1 fully saturated rings. The second kappa shape index (κ2) is 5.86. The van der Waals surface area contributed by atoms with Gasteiger partial charge in [-0.3, -0.25) is 4.40 Å². The van der Waals surface area contributed by atoms with Crippen molar-refractivity contribution in [2.75, 3.05) is 0 Å². The van der Waals surface area contributed by atoms with Crippen molar-refractivity contribution in [2.45, 2.75) is 37.7 Å². The van der Waals surface area contributed by atoms with E-state index in [1.807, 2.05) is 34.9 Å². The molecular weight excluding hydrogens is 376 g/mol. The van der Waals surface area contributed by atoms with Crippen LogP contribution in [0.4, 0.5) is 0 Å². The first kappa shape index (κ1) is 17.3. The van der Waals surface area contributed by atoms with Gasteiger partial charge in [-0.25, -0.2) is 0 Å². The van der Waals surface area contributed by atoms with Crippen molar-refractivity contribution in [1.29, 1.82) is 0 Å². The number of aromatic nitrogens is 6. The highest BCUT2D eigenvalue weighted by Crippen LogP contribution is 2.53. The number of aliphatic hydroxyl groups is 1. The van der Waals surface area contributed by atoms with E-state index in [1.165, 1.54) is 6.33 Å². The molecule has 0 aliphatic heterocycles. The molecule has 0 amide bonds. The van der Waals surface area contributed by atoms with Crippen molar-refractivity contribution in [3.63, 3.8) is 0 Å². The number of halogens is 1. The largest absolute Gasteiger partial charge is 0.386 e. The first-order valence-corrected chi connectivity index (χ1v) is 9.51. The zero-order valence-corrected chi connectivity index (χ0v) is 16.3. The summed E-state index contributed by atoms with van der Waals surface area (Å²) in [6.45, 7) is 3.51. The molecule has 3 heterocycles. The van der Waals surface area contributed by atoms with E-state index in [-0.39, 0.29) is 5.41 Å². The normalized spacial score (nSPS) is 15.9. The molecule has 0 bridgehead atoms. The Bertz CT molecular complexity index is 1170. The van der Waals surface area contributed by atoms with Crippen molar-refractivity contribution in [3.05, 3.63) is 64.8 Å². The molecule has 0 spiro atoms. The van der Waals surface area contributed by atoms with E-state index in [0.29, 0.717) is 16.5 Å². The third kappa shape index (κ3) is 2.54. The molecule has 4 aromatic rings. The monoisotopic (exact) mass is 394 g/mol. The third-order valence-electron chi connectivity index (χ3n) is 5.46. The van der Waals surface area contributed by atoms with E-state index in [2.05, 4.69) is 31.4 Å². The van der Waals surface area contributed by atoms with Crippen LogP contribution in [-0.2, 0) is 11.0 Å². The molecule has 1 saturated carbocycles. The van der Waals surface area contributed by atoms with Gasteiger partial charge in [0.15, 0.2) is 11.5 Å². The average molecular weight is 395 g/mol. The standard InChI is InChI=1S/C20H19ClN6O/c1-19(2,28)14-4-3-9-27-17(14)25-26-18(27)20(7-8-20)12-5-6-15(21)13(10-12)16-22-11-23-24-16/h3-6,9-11,28H,7-8H2,1-2H3,(H,22,23,24). The number of rotatable bonds is 4. The summed E-state index contributed by atoms with van der Waals surface area (Å²) >= 11 is 6.40. The summed E-state index contributed by atoms with van der Waals surface area (Å²) in [4.78, 5) is 3.01. The van der Waals surface area contributed by atoms with Gasteiger partial charge in [-0.15, -0.1) is 20.4 Å². The Morgan fingerprint density at radius 3 is 2.68 bits per heavy atom. The molecule has 8 heteroatoms. The van der Waals surface area contributed by atoms with E-state index in [0.717, 1.165) is 35.4 Å². The fourth-order valence-electron chi connectivity index (χ4n) is 3.83. The predicted molar refractivity (Wildman–Crippen MR) is 105 cm³/mol. The number of aromatic amines is 1. The van der Waals surface area contributed by atoms with Crippen LogP contribution in [0, 0.1) is 0 Å². The van der Waals surface area contributed by atoms with Gasteiger partial charge in [0.1, 0.15) is 12.2 Å². The fraction of sp³-hybridized carbons (Fsp3) is 0.300. The number of pyridine rings is 1. The molecule has 1 aromatic carbocycles. The lowest BCUT2D eigenvalue weighted by atomic mass is 9.93. The number of H-pyrrole nitrogens is 1. The quantitative estimate of drug-likeness (QED) is 0.553. The van der Waals surface area contributed by atoms with Crippen molar-refractivity contribution in [2.24, 2.45) is 0 Å². The highest BCUT2D eigenvalue weighted by Gasteiger charge is 2.50. The van der Waals surface area contributed by atoms with Gasteiger partial charge in [0.2, 0.25) is 0 Å². The molecule has 142 valence electrons. The maximum absolute atomic E-state index is 10.5. The number of fused-ring (bicyclic) bond motifs is 1. The topological polar surface area (TPSA) is 92.0 Å². The van der Waals surface area contributed by atoms with Gasteiger partial charge in [-0.1, -0.05) is 23.7 Å². The first-order chi connectivity index (χ1) is 13.4. The van der Waals surface area contributed by atoms with Crippen LogP contribution in [0.25, 0.3) is 17.0 Å². The average Bonchev–Trinajstić information content (AvgIpc) is 3.09. The van der Waals surface area contributed by atoms with E-state index >= 15 is 0 Å². The molecule has 0 saturated heterocycles. The highest BCUT2D eigenvalue weighted by molar-refractivity contribution is 6.33. The maximum Gasteiger partial charge on any atom is 0.166 e. The van der Waals surface area contributed by atoms with Crippen molar-refractivity contribution < 1.29 is 5.11 Å². The van der Waals surface area contributed by atoms with Gasteiger partial charge in [0.25, 0.3) is 0 Å². The minimum Gasteiger partial charge on any atom is -0.386 e. The van der Waals surface area contributed by atoms with Crippen molar-refractivity contribution in [1.82, 2.24) is 29.8 Å². The minimum absolute atomic E-state index is 0.225. The number of nitrogens with one attached hydrogen (secondary N) is 1. The van der Waals surface area contributed by atoms with Crippen molar-refractivity contribution >= 4 is 17.2 Å². The molecular formula is C20H19ClN6O. The van der Waals surface area contributed by atoms with Gasteiger partial charge >= 0.3 is 0 Å². The third-order valence-corrected chi connectivity index (χ3v) is 5.79. The van der Waals surface area contributed by atoms with Crippen LogP contribution in [0.1, 0.15) is 43.6 Å². The molecule has 2 N–H and O–H groups in total. The maximum atomic E-state index is 10.5. The molecule has 5 rings (SSSR count). The van der Waals surface area contributed by atoms with Gasteiger partial charge in [-0.2, -0.15) is 0 Å². The van der Waals surface area contributed by atoms with Crippen LogP contribution in [0.2, 0.25) is 5.02 Å². The Balaban J connectivity index is 1.66. The molecule has 1 aliphatic rings. The van der Waals surface area contributed by atoms with Crippen molar-refractivity contribution in [3.8, 4) is 11.4 Å². The summed E-state index contributed by atoms with van der Waals surface area (Å²) in [5.74, 6) is 1.51. The summed E-state index contributed by atoms with van der Waals surface area (Å²) in [6.07, 6.45) is 5.43. The molecule has 0 radical (unpaired) electrons. The Hall–Kier alpha value is -2.77. The molecule has 1 aliphatic carbocycles. The van der Waals surface area contributed by atoms with E-state index in [9.17, 15) is 5.11 Å². The molecule has 0 unspecified atom stereocenters. The number of nitrogens with zero attached hydrogens (tertiary/aromatic N) is 5. The van der Waals surface area contributed by atoms with Gasteiger partial charge in [0, 0.05) is 17.3 Å². The second-order valence-corrected chi connectivity index (χ2v) is 8.22. The fourth-order valence-corrected chi connectivity index (χ4v) is 4.03. The van der Waals surface area contributed by atoms with E-state index < -0.39 is 5.60 Å². The predicted octanol–water partition coefficient (Wildman–Crippen LogP) is 3.48. The molecule has 7 nitrogen and oxygen atoms in total. The Morgan fingerprint density at radius 2 is 2.00 bits per heavy atom. The second-order valence-electron chi connectivity index (χ2n) is 7.81. The van der Waals surface area contributed by atoms with E-state index in [1.54, 1.807) is 13.8 Å². The molecule has 3 aromatic heterocycles. The van der Waals surface area contributed by atoms with Gasteiger partial charge in [0.05, 0.1) is 16.0 Å². The van der Waals surface area contributed by atoms with Gasteiger partial charge < -0.3 is 10.1 Å². The zero-order chi connectivity index (χ0) is 19.5. The summed E-state index contributed by atoms with van der Waals surface area (Å²) in [7, 11) is 0. The zero-order valence-electron chi connectivity index (χ0n) is 15.5. The SMILES string of the molecule is CC(C)(O)c1cccn2c(C3(c4ccc(Cl)c(-c5nnc[nH]5)c4)CC3)nnc12. The minimum atomic E-state index is -0.997.